The first-order chi connectivity index (χ1) is 11.2. The van der Waals surface area contributed by atoms with Crippen molar-refractivity contribution in [2.24, 2.45) is 5.92 Å². The number of aromatic nitrogens is 5. The lowest BCUT2D eigenvalue weighted by molar-refractivity contribution is 0.166. The highest BCUT2D eigenvalue weighted by Crippen LogP contribution is 2.31. The summed E-state index contributed by atoms with van der Waals surface area (Å²) < 4.78 is 2.07. The van der Waals surface area contributed by atoms with Gasteiger partial charge in [-0.05, 0) is 31.7 Å². The van der Waals surface area contributed by atoms with Crippen molar-refractivity contribution in [3.8, 4) is 0 Å². The van der Waals surface area contributed by atoms with Crippen molar-refractivity contribution in [3.63, 3.8) is 0 Å². The SMILES string of the molecule is Cc1nc(N[C@@H]2CC(Cn3ccnc3)C[C@H]2O)c2cc[nH]c2n1. The molecule has 3 aromatic heterocycles. The summed E-state index contributed by atoms with van der Waals surface area (Å²) >= 11 is 0. The molecule has 3 atom stereocenters. The van der Waals surface area contributed by atoms with Gasteiger partial charge in [-0.3, -0.25) is 0 Å². The smallest absolute Gasteiger partial charge is 0.143 e. The van der Waals surface area contributed by atoms with Gasteiger partial charge in [-0.25, -0.2) is 15.0 Å². The molecule has 0 radical (unpaired) electrons. The fourth-order valence-corrected chi connectivity index (χ4v) is 3.45. The Hall–Kier alpha value is -2.41. The summed E-state index contributed by atoms with van der Waals surface area (Å²) in [5.41, 5.74) is 0.822. The van der Waals surface area contributed by atoms with Gasteiger partial charge in [0, 0.05) is 25.1 Å². The molecule has 4 rings (SSSR count). The Morgan fingerprint density at radius 1 is 1.39 bits per heavy atom. The Labute approximate surface area is 133 Å². The predicted molar refractivity (Wildman–Crippen MR) is 87.0 cm³/mol. The first-order valence-electron chi connectivity index (χ1n) is 7.91. The van der Waals surface area contributed by atoms with Crippen molar-refractivity contribution in [1.82, 2.24) is 24.5 Å². The molecule has 0 bridgehead atoms. The maximum Gasteiger partial charge on any atom is 0.143 e. The predicted octanol–water partition coefficient (Wildman–Crippen LogP) is 1.71. The van der Waals surface area contributed by atoms with Gasteiger partial charge in [0.1, 0.15) is 17.3 Å². The van der Waals surface area contributed by atoms with E-state index < -0.39 is 0 Å². The lowest BCUT2D eigenvalue weighted by atomic mass is 10.1. The summed E-state index contributed by atoms with van der Waals surface area (Å²) in [4.78, 5) is 16.1. The molecule has 7 heteroatoms. The van der Waals surface area contributed by atoms with E-state index in [2.05, 4.69) is 29.8 Å². The van der Waals surface area contributed by atoms with Gasteiger partial charge in [-0.1, -0.05) is 0 Å². The van der Waals surface area contributed by atoms with Crippen LogP contribution in [0.3, 0.4) is 0 Å². The van der Waals surface area contributed by atoms with Crippen LogP contribution in [0.25, 0.3) is 11.0 Å². The van der Waals surface area contributed by atoms with Crippen LogP contribution < -0.4 is 5.32 Å². The highest BCUT2D eigenvalue weighted by molar-refractivity contribution is 5.87. The first-order valence-corrected chi connectivity index (χ1v) is 7.91. The van der Waals surface area contributed by atoms with Crippen molar-refractivity contribution in [1.29, 1.82) is 0 Å². The summed E-state index contributed by atoms with van der Waals surface area (Å²) in [6.45, 7) is 2.76. The molecule has 23 heavy (non-hydrogen) atoms. The number of aliphatic hydroxyl groups excluding tert-OH is 1. The number of rotatable bonds is 4. The van der Waals surface area contributed by atoms with Crippen molar-refractivity contribution < 1.29 is 5.11 Å². The van der Waals surface area contributed by atoms with Crippen LogP contribution in [0, 0.1) is 12.8 Å². The molecule has 1 fully saturated rings. The molecule has 7 nitrogen and oxygen atoms in total. The van der Waals surface area contributed by atoms with Crippen molar-refractivity contribution >= 4 is 16.9 Å². The number of hydrogen-bond donors (Lipinski definition) is 3. The zero-order chi connectivity index (χ0) is 15.8. The maximum atomic E-state index is 10.4. The summed E-state index contributed by atoms with van der Waals surface area (Å²) in [6.07, 6.45) is 8.76. The van der Waals surface area contributed by atoms with Gasteiger partial charge in [-0.2, -0.15) is 0 Å². The van der Waals surface area contributed by atoms with Gasteiger partial charge in [0.15, 0.2) is 0 Å². The number of aryl methyl sites for hydroxylation is 1. The van der Waals surface area contributed by atoms with Gasteiger partial charge in [0.05, 0.1) is 23.9 Å². The lowest BCUT2D eigenvalue weighted by Crippen LogP contribution is -2.28. The zero-order valence-corrected chi connectivity index (χ0v) is 13.0. The molecule has 3 N–H and O–H groups in total. The number of nitrogens with zero attached hydrogens (tertiary/aromatic N) is 4. The zero-order valence-electron chi connectivity index (χ0n) is 13.0. The van der Waals surface area contributed by atoms with Gasteiger partial charge in [-0.15, -0.1) is 0 Å². The second kappa shape index (κ2) is 5.66. The second-order valence-corrected chi connectivity index (χ2v) is 6.27. The fraction of sp³-hybridized carbons (Fsp3) is 0.438. The van der Waals surface area contributed by atoms with E-state index >= 15 is 0 Å². The number of fused-ring (bicyclic) bond motifs is 1. The molecule has 1 aliphatic rings. The summed E-state index contributed by atoms with van der Waals surface area (Å²) in [7, 11) is 0. The van der Waals surface area contributed by atoms with Crippen LogP contribution in [0.4, 0.5) is 5.82 Å². The average Bonchev–Trinajstić information content (AvgIpc) is 3.22. The Morgan fingerprint density at radius 3 is 3.13 bits per heavy atom. The first kappa shape index (κ1) is 14.2. The molecule has 120 valence electrons. The van der Waals surface area contributed by atoms with E-state index in [1.165, 1.54) is 0 Å². The monoisotopic (exact) mass is 312 g/mol. The highest BCUT2D eigenvalue weighted by Gasteiger charge is 2.33. The van der Waals surface area contributed by atoms with E-state index in [4.69, 9.17) is 0 Å². The number of nitrogens with one attached hydrogen (secondary N) is 2. The molecule has 0 amide bonds. The Morgan fingerprint density at radius 2 is 2.30 bits per heavy atom. The number of aromatic amines is 1. The van der Waals surface area contributed by atoms with Crippen LogP contribution in [-0.4, -0.2) is 41.8 Å². The van der Waals surface area contributed by atoms with Crippen LogP contribution in [-0.2, 0) is 6.54 Å². The third-order valence-electron chi connectivity index (χ3n) is 4.50. The molecular formula is C16H20N6O. The summed E-state index contributed by atoms with van der Waals surface area (Å²) in [5.74, 6) is 1.94. The third kappa shape index (κ3) is 2.79. The minimum absolute atomic E-state index is 0.0101. The molecule has 0 aliphatic heterocycles. The van der Waals surface area contributed by atoms with Crippen molar-refractivity contribution in [2.45, 2.75) is 38.5 Å². The quantitative estimate of drug-likeness (QED) is 0.682. The minimum atomic E-state index is -0.368. The van der Waals surface area contributed by atoms with E-state index in [1.807, 2.05) is 31.7 Å². The molecule has 3 aromatic rings. The maximum absolute atomic E-state index is 10.4. The molecule has 1 aliphatic carbocycles. The molecule has 1 saturated carbocycles. The largest absolute Gasteiger partial charge is 0.391 e. The fourth-order valence-electron chi connectivity index (χ4n) is 3.45. The van der Waals surface area contributed by atoms with Crippen molar-refractivity contribution in [3.05, 3.63) is 36.8 Å². The Bertz CT molecular complexity index is 796. The average molecular weight is 312 g/mol. The van der Waals surface area contributed by atoms with E-state index in [0.29, 0.717) is 11.7 Å². The van der Waals surface area contributed by atoms with Gasteiger partial charge < -0.3 is 20.0 Å². The molecular weight excluding hydrogens is 292 g/mol. The summed E-state index contributed by atoms with van der Waals surface area (Å²) in [6, 6.07) is 1.97. The van der Waals surface area contributed by atoms with Crippen LogP contribution in [0.1, 0.15) is 18.7 Å². The van der Waals surface area contributed by atoms with Gasteiger partial charge in [0.2, 0.25) is 0 Å². The van der Waals surface area contributed by atoms with Crippen molar-refractivity contribution in [2.75, 3.05) is 5.32 Å². The van der Waals surface area contributed by atoms with Crippen LogP contribution >= 0.6 is 0 Å². The molecule has 0 aromatic carbocycles. The van der Waals surface area contributed by atoms with E-state index in [1.54, 1.807) is 6.20 Å². The molecule has 3 heterocycles. The standard InChI is InChI=1S/C16H20N6O/c1-10-19-15-12(2-3-18-15)16(20-10)21-13-6-11(7-14(13)23)8-22-5-4-17-9-22/h2-5,9,11,13-14,23H,6-8H2,1H3,(H2,18,19,20,21)/t11?,13-,14-/m1/s1. The van der Waals surface area contributed by atoms with Crippen LogP contribution in [0.5, 0.6) is 0 Å². The Kier molecular flexibility index (Phi) is 3.49. The lowest BCUT2D eigenvalue weighted by Gasteiger charge is -2.18. The highest BCUT2D eigenvalue weighted by atomic mass is 16.3. The third-order valence-corrected chi connectivity index (χ3v) is 4.50. The number of anilines is 1. The second-order valence-electron chi connectivity index (χ2n) is 6.27. The molecule has 1 unspecified atom stereocenters. The van der Waals surface area contributed by atoms with Gasteiger partial charge in [0.25, 0.3) is 0 Å². The number of hydrogen-bond acceptors (Lipinski definition) is 5. The van der Waals surface area contributed by atoms with E-state index in [-0.39, 0.29) is 12.1 Å². The van der Waals surface area contributed by atoms with E-state index in [0.717, 1.165) is 36.2 Å². The number of aliphatic hydroxyl groups is 1. The topological polar surface area (TPSA) is 91.6 Å². The minimum Gasteiger partial charge on any atom is -0.391 e. The number of H-pyrrole nitrogens is 1. The Balaban J connectivity index is 1.50. The van der Waals surface area contributed by atoms with E-state index in [9.17, 15) is 5.11 Å². The molecule has 0 saturated heterocycles. The number of imidazole rings is 1. The van der Waals surface area contributed by atoms with Gasteiger partial charge >= 0.3 is 0 Å². The summed E-state index contributed by atoms with van der Waals surface area (Å²) in [5, 5.41) is 14.8. The molecule has 0 spiro atoms. The van der Waals surface area contributed by atoms with Crippen LogP contribution in [0.15, 0.2) is 31.0 Å². The normalized spacial score (nSPS) is 24.3. The van der Waals surface area contributed by atoms with Crippen LogP contribution in [0.2, 0.25) is 0 Å².